The number of benzene rings is 1. The first-order chi connectivity index (χ1) is 7.29. The van der Waals surface area contributed by atoms with Crippen molar-refractivity contribution in [2.45, 2.75) is 59.0 Å². The predicted molar refractivity (Wildman–Crippen MR) is 69.9 cm³/mol. The third kappa shape index (κ3) is 3.97. The van der Waals surface area contributed by atoms with Gasteiger partial charge in [0.25, 0.3) is 0 Å². The summed E-state index contributed by atoms with van der Waals surface area (Å²) in [4.78, 5) is 0. The lowest BCUT2D eigenvalue weighted by Crippen LogP contribution is -2.19. The zero-order valence-electron chi connectivity index (χ0n) is 11.2. The Morgan fingerprint density at radius 1 is 1.25 bits per heavy atom. The summed E-state index contributed by atoms with van der Waals surface area (Å²) in [5.41, 5.74) is 3.51. The summed E-state index contributed by atoms with van der Waals surface area (Å²) in [5.74, 6) is 0.571. The van der Waals surface area contributed by atoms with E-state index < -0.39 is 5.60 Å². The highest BCUT2D eigenvalue weighted by molar-refractivity contribution is 5.32. The molecule has 0 unspecified atom stereocenters. The van der Waals surface area contributed by atoms with Gasteiger partial charge in [-0.1, -0.05) is 32.0 Å². The molecule has 0 aromatic heterocycles. The van der Waals surface area contributed by atoms with Crippen molar-refractivity contribution in [1.82, 2.24) is 0 Å². The predicted octanol–water partition coefficient (Wildman–Crippen LogP) is 3.82. The van der Waals surface area contributed by atoms with Crippen LogP contribution in [0.3, 0.4) is 0 Å². The minimum Gasteiger partial charge on any atom is -0.390 e. The van der Waals surface area contributed by atoms with Crippen molar-refractivity contribution in [2.75, 3.05) is 0 Å². The van der Waals surface area contributed by atoms with Crippen LogP contribution >= 0.6 is 0 Å². The van der Waals surface area contributed by atoms with Crippen LogP contribution in [-0.4, -0.2) is 10.7 Å². The minimum absolute atomic E-state index is 0.569. The highest BCUT2D eigenvalue weighted by atomic mass is 16.3. The van der Waals surface area contributed by atoms with Gasteiger partial charge in [0.05, 0.1) is 5.60 Å². The van der Waals surface area contributed by atoms with Gasteiger partial charge in [-0.2, -0.15) is 0 Å². The average Bonchev–Trinajstić information content (AvgIpc) is 2.14. The van der Waals surface area contributed by atoms with Gasteiger partial charge in [-0.15, -0.1) is 0 Å². The molecule has 0 aliphatic carbocycles. The summed E-state index contributed by atoms with van der Waals surface area (Å²) in [6.07, 6.45) is 1.77. The molecule has 0 aliphatic rings. The fourth-order valence-electron chi connectivity index (χ4n) is 1.76. The second kappa shape index (κ2) is 5.01. The van der Waals surface area contributed by atoms with Crippen LogP contribution in [-0.2, 0) is 6.42 Å². The standard InChI is InChI=1S/C15H24O/c1-11(2)13-7-6-12(3)14(10-13)8-9-15(4,5)16/h6-7,10-11,16H,8-9H2,1-5H3. The minimum atomic E-state index is -0.569. The lowest BCUT2D eigenvalue weighted by atomic mass is 9.92. The van der Waals surface area contributed by atoms with Crippen molar-refractivity contribution in [3.05, 3.63) is 34.9 Å². The lowest BCUT2D eigenvalue weighted by molar-refractivity contribution is 0.0713. The Labute approximate surface area is 99.5 Å². The van der Waals surface area contributed by atoms with Crippen molar-refractivity contribution < 1.29 is 5.11 Å². The van der Waals surface area contributed by atoms with E-state index in [9.17, 15) is 5.11 Å². The molecule has 0 heterocycles. The summed E-state index contributed by atoms with van der Waals surface area (Å²) in [7, 11) is 0. The first kappa shape index (κ1) is 13.2. The Balaban J connectivity index is 2.82. The van der Waals surface area contributed by atoms with Gasteiger partial charge in [-0.05, 0) is 56.2 Å². The van der Waals surface area contributed by atoms with Crippen molar-refractivity contribution in [2.24, 2.45) is 0 Å². The first-order valence-electron chi connectivity index (χ1n) is 6.11. The topological polar surface area (TPSA) is 20.2 Å². The normalized spacial score (nSPS) is 12.2. The fraction of sp³-hybridized carbons (Fsp3) is 0.600. The van der Waals surface area contributed by atoms with E-state index in [1.807, 2.05) is 13.8 Å². The summed E-state index contributed by atoms with van der Waals surface area (Å²) in [6, 6.07) is 6.67. The molecule has 0 saturated carbocycles. The van der Waals surface area contributed by atoms with Crippen LogP contribution in [0.25, 0.3) is 0 Å². The van der Waals surface area contributed by atoms with Crippen molar-refractivity contribution in [3.63, 3.8) is 0 Å². The fourth-order valence-corrected chi connectivity index (χ4v) is 1.76. The molecule has 0 bridgehead atoms. The van der Waals surface area contributed by atoms with Crippen LogP contribution in [0.2, 0.25) is 0 Å². The van der Waals surface area contributed by atoms with Crippen LogP contribution in [0.1, 0.15) is 56.7 Å². The van der Waals surface area contributed by atoms with E-state index in [4.69, 9.17) is 0 Å². The van der Waals surface area contributed by atoms with Gasteiger partial charge < -0.3 is 5.11 Å². The number of aryl methyl sites for hydroxylation is 2. The molecule has 0 radical (unpaired) electrons. The molecule has 1 heteroatoms. The number of rotatable bonds is 4. The Morgan fingerprint density at radius 3 is 2.38 bits per heavy atom. The number of hydrogen-bond acceptors (Lipinski definition) is 1. The van der Waals surface area contributed by atoms with Crippen LogP contribution in [0.15, 0.2) is 18.2 Å². The zero-order chi connectivity index (χ0) is 12.3. The molecule has 1 rings (SSSR count). The van der Waals surface area contributed by atoms with Gasteiger partial charge in [-0.3, -0.25) is 0 Å². The Bertz CT molecular complexity index is 345. The third-order valence-corrected chi connectivity index (χ3v) is 3.05. The van der Waals surface area contributed by atoms with E-state index in [1.165, 1.54) is 16.7 Å². The second-order valence-electron chi connectivity index (χ2n) is 5.65. The van der Waals surface area contributed by atoms with Crippen LogP contribution in [0, 0.1) is 6.92 Å². The van der Waals surface area contributed by atoms with Crippen molar-refractivity contribution in [1.29, 1.82) is 0 Å². The Kier molecular flexibility index (Phi) is 4.15. The van der Waals surface area contributed by atoms with Crippen molar-refractivity contribution >= 4 is 0 Å². The molecule has 16 heavy (non-hydrogen) atoms. The van der Waals surface area contributed by atoms with Crippen LogP contribution in [0.4, 0.5) is 0 Å². The van der Waals surface area contributed by atoms with Gasteiger partial charge in [0.1, 0.15) is 0 Å². The van der Waals surface area contributed by atoms with E-state index in [0.717, 1.165) is 12.8 Å². The monoisotopic (exact) mass is 220 g/mol. The molecular formula is C15H24O. The largest absolute Gasteiger partial charge is 0.390 e. The van der Waals surface area contributed by atoms with Crippen molar-refractivity contribution in [3.8, 4) is 0 Å². The summed E-state index contributed by atoms with van der Waals surface area (Å²) < 4.78 is 0. The lowest BCUT2D eigenvalue weighted by Gasteiger charge is -2.18. The van der Waals surface area contributed by atoms with E-state index in [2.05, 4.69) is 39.0 Å². The highest BCUT2D eigenvalue weighted by Crippen LogP contribution is 2.21. The Hall–Kier alpha value is -0.820. The molecular weight excluding hydrogens is 196 g/mol. The van der Waals surface area contributed by atoms with Crippen LogP contribution < -0.4 is 0 Å². The van der Waals surface area contributed by atoms with Crippen LogP contribution in [0.5, 0.6) is 0 Å². The molecule has 1 nitrogen and oxygen atoms in total. The van der Waals surface area contributed by atoms with E-state index >= 15 is 0 Å². The number of aliphatic hydroxyl groups is 1. The summed E-state index contributed by atoms with van der Waals surface area (Å²) in [5, 5.41) is 9.75. The van der Waals surface area contributed by atoms with Gasteiger partial charge in [0, 0.05) is 0 Å². The van der Waals surface area contributed by atoms with Gasteiger partial charge in [-0.25, -0.2) is 0 Å². The third-order valence-electron chi connectivity index (χ3n) is 3.05. The second-order valence-corrected chi connectivity index (χ2v) is 5.65. The molecule has 1 aromatic rings. The quantitative estimate of drug-likeness (QED) is 0.817. The summed E-state index contributed by atoms with van der Waals surface area (Å²) >= 11 is 0. The van der Waals surface area contributed by atoms with E-state index in [1.54, 1.807) is 0 Å². The molecule has 0 aliphatic heterocycles. The smallest absolute Gasteiger partial charge is 0.0594 e. The van der Waals surface area contributed by atoms with E-state index in [-0.39, 0.29) is 0 Å². The maximum atomic E-state index is 9.75. The van der Waals surface area contributed by atoms with Gasteiger partial charge in [0.2, 0.25) is 0 Å². The zero-order valence-corrected chi connectivity index (χ0v) is 11.2. The molecule has 0 spiro atoms. The molecule has 0 saturated heterocycles. The maximum Gasteiger partial charge on any atom is 0.0594 e. The molecule has 0 amide bonds. The first-order valence-corrected chi connectivity index (χ1v) is 6.11. The average molecular weight is 220 g/mol. The van der Waals surface area contributed by atoms with E-state index in [0.29, 0.717) is 5.92 Å². The molecule has 0 atom stereocenters. The SMILES string of the molecule is Cc1ccc(C(C)C)cc1CCC(C)(C)O. The van der Waals surface area contributed by atoms with Gasteiger partial charge >= 0.3 is 0 Å². The highest BCUT2D eigenvalue weighted by Gasteiger charge is 2.13. The molecule has 0 fully saturated rings. The molecule has 1 N–H and O–H groups in total. The maximum absolute atomic E-state index is 9.75. The molecule has 90 valence electrons. The summed E-state index contributed by atoms with van der Waals surface area (Å²) in [6.45, 7) is 10.3. The Morgan fingerprint density at radius 2 is 1.88 bits per heavy atom. The van der Waals surface area contributed by atoms with Gasteiger partial charge in [0.15, 0.2) is 0 Å². The molecule has 1 aromatic carbocycles. The number of hydrogen-bond donors (Lipinski definition) is 1.